The number of sulfonamides is 1. The Hall–Kier alpha value is -0.850. The number of aromatic nitrogens is 1. The second-order valence-corrected chi connectivity index (χ2v) is 6.68. The summed E-state index contributed by atoms with van der Waals surface area (Å²) in [6, 6.07) is 3.20. The molecule has 0 bridgehead atoms. The summed E-state index contributed by atoms with van der Waals surface area (Å²) >= 11 is 0. The maximum absolute atomic E-state index is 12.0. The molecular formula is C10H19N3O2S. The van der Waals surface area contributed by atoms with Crippen LogP contribution in [0.3, 0.4) is 0 Å². The molecule has 0 spiro atoms. The second-order valence-electron chi connectivity index (χ2n) is 4.66. The highest BCUT2D eigenvalue weighted by Gasteiger charge is 2.27. The van der Waals surface area contributed by atoms with Crippen molar-refractivity contribution >= 4 is 10.0 Å². The van der Waals surface area contributed by atoms with Crippen molar-refractivity contribution in [1.29, 1.82) is 0 Å². The molecule has 6 heteroatoms. The number of H-pyrrole nitrogens is 1. The molecule has 92 valence electrons. The van der Waals surface area contributed by atoms with Gasteiger partial charge in [0.05, 0.1) is 0 Å². The van der Waals surface area contributed by atoms with Crippen LogP contribution in [-0.2, 0) is 10.0 Å². The van der Waals surface area contributed by atoms with E-state index in [0.717, 1.165) is 0 Å². The van der Waals surface area contributed by atoms with Crippen LogP contribution in [0.2, 0.25) is 0 Å². The van der Waals surface area contributed by atoms with Gasteiger partial charge >= 0.3 is 0 Å². The van der Waals surface area contributed by atoms with Crippen molar-refractivity contribution in [2.24, 2.45) is 11.1 Å². The second kappa shape index (κ2) is 4.57. The fraction of sp³-hybridized carbons (Fsp3) is 0.600. The monoisotopic (exact) mass is 245 g/mol. The van der Waals surface area contributed by atoms with E-state index in [1.165, 1.54) is 4.31 Å². The molecule has 0 aliphatic heterocycles. The molecule has 0 amide bonds. The lowest BCUT2D eigenvalue weighted by atomic mass is 9.94. The van der Waals surface area contributed by atoms with E-state index in [1.807, 2.05) is 13.8 Å². The molecule has 16 heavy (non-hydrogen) atoms. The van der Waals surface area contributed by atoms with Crippen molar-refractivity contribution in [3.8, 4) is 0 Å². The largest absolute Gasteiger partial charge is 0.351 e. The maximum Gasteiger partial charge on any atom is 0.258 e. The van der Waals surface area contributed by atoms with Crippen LogP contribution in [0, 0.1) is 5.41 Å². The predicted octanol–water partition coefficient (Wildman–Crippen LogP) is 0.620. The van der Waals surface area contributed by atoms with Gasteiger partial charge in [0.25, 0.3) is 10.0 Å². The fourth-order valence-corrected chi connectivity index (χ4v) is 2.72. The van der Waals surface area contributed by atoms with Gasteiger partial charge < -0.3 is 10.7 Å². The van der Waals surface area contributed by atoms with Crippen molar-refractivity contribution < 1.29 is 8.42 Å². The van der Waals surface area contributed by atoms with E-state index >= 15 is 0 Å². The molecule has 1 aromatic rings. The molecule has 3 N–H and O–H groups in total. The number of aromatic amines is 1. The number of nitrogens with two attached hydrogens (primary N) is 1. The zero-order chi connectivity index (χ0) is 12.4. The number of hydrogen-bond acceptors (Lipinski definition) is 3. The average Bonchev–Trinajstić information content (AvgIpc) is 2.70. The van der Waals surface area contributed by atoms with E-state index in [4.69, 9.17) is 5.73 Å². The first-order valence-corrected chi connectivity index (χ1v) is 6.53. The first-order valence-electron chi connectivity index (χ1n) is 5.09. The Kier molecular flexibility index (Phi) is 3.77. The number of nitrogens with one attached hydrogen (secondary N) is 1. The van der Waals surface area contributed by atoms with Crippen molar-refractivity contribution in [2.75, 3.05) is 20.1 Å². The standard InChI is InChI=1S/C10H19N3O2S/c1-10(2,7-11)8-13(3)16(14,15)9-5-4-6-12-9/h4-6,12H,7-8,11H2,1-3H3. The Balaban J connectivity index is 2.86. The van der Waals surface area contributed by atoms with Gasteiger partial charge in [0.1, 0.15) is 5.03 Å². The highest BCUT2D eigenvalue weighted by molar-refractivity contribution is 7.89. The molecule has 1 aromatic heterocycles. The quantitative estimate of drug-likeness (QED) is 0.798. The van der Waals surface area contributed by atoms with Crippen LogP contribution in [0.25, 0.3) is 0 Å². The third-order valence-electron chi connectivity index (χ3n) is 2.46. The lowest BCUT2D eigenvalue weighted by molar-refractivity contribution is 0.291. The van der Waals surface area contributed by atoms with Gasteiger partial charge in [-0.05, 0) is 24.1 Å². The molecule has 0 atom stereocenters. The van der Waals surface area contributed by atoms with E-state index in [1.54, 1.807) is 25.4 Å². The minimum Gasteiger partial charge on any atom is -0.351 e. The highest BCUT2D eigenvalue weighted by atomic mass is 32.2. The summed E-state index contributed by atoms with van der Waals surface area (Å²) in [5.74, 6) is 0. The van der Waals surface area contributed by atoms with E-state index < -0.39 is 10.0 Å². The summed E-state index contributed by atoms with van der Waals surface area (Å²) in [4.78, 5) is 2.70. The topological polar surface area (TPSA) is 79.2 Å². The molecule has 0 fully saturated rings. The molecule has 0 unspecified atom stereocenters. The lowest BCUT2D eigenvalue weighted by Crippen LogP contribution is -2.39. The summed E-state index contributed by atoms with van der Waals surface area (Å²) in [6.45, 7) is 4.71. The summed E-state index contributed by atoms with van der Waals surface area (Å²) in [6.07, 6.45) is 1.59. The van der Waals surface area contributed by atoms with E-state index in [0.29, 0.717) is 13.1 Å². The van der Waals surface area contributed by atoms with Crippen LogP contribution in [0.5, 0.6) is 0 Å². The normalized spacial score (nSPS) is 13.3. The first kappa shape index (κ1) is 13.2. The fourth-order valence-electron chi connectivity index (χ4n) is 1.39. The van der Waals surface area contributed by atoms with Gasteiger partial charge in [0.15, 0.2) is 0 Å². The Labute approximate surface area is 96.7 Å². The van der Waals surface area contributed by atoms with Crippen LogP contribution in [0.4, 0.5) is 0 Å². The molecule has 1 heterocycles. The SMILES string of the molecule is CN(CC(C)(C)CN)S(=O)(=O)c1ccc[nH]1. The molecule has 0 aliphatic rings. The molecule has 0 saturated carbocycles. The molecule has 0 saturated heterocycles. The Bertz CT molecular complexity index is 423. The predicted molar refractivity (Wildman–Crippen MR) is 63.4 cm³/mol. The van der Waals surface area contributed by atoms with E-state index in [9.17, 15) is 8.42 Å². The van der Waals surface area contributed by atoms with Crippen molar-refractivity contribution in [3.63, 3.8) is 0 Å². The Morgan fingerprint density at radius 2 is 2.12 bits per heavy atom. The van der Waals surface area contributed by atoms with Crippen LogP contribution in [0.15, 0.2) is 23.4 Å². The number of rotatable bonds is 5. The van der Waals surface area contributed by atoms with Crippen LogP contribution in [0.1, 0.15) is 13.8 Å². The molecule has 0 aliphatic carbocycles. The van der Waals surface area contributed by atoms with Gasteiger partial charge in [-0.2, -0.15) is 4.31 Å². The maximum atomic E-state index is 12.0. The molecule has 1 rings (SSSR count). The third-order valence-corrected chi connectivity index (χ3v) is 4.22. The first-order chi connectivity index (χ1) is 7.29. The van der Waals surface area contributed by atoms with Gasteiger partial charge in [-0.15, -0.1) is 0 Å². The average molecular weight is 245 g/mol. The van der Waals surface area contributed by atoms with Crippen molar-refractivity contribution in [2.45, 2.75) is 18.9 Å². The van der Waals surface area contributed by atoms with Gasteiger partial charge in [-0.1, -0.05) is 13.8 Å². The molecule has 5 nitrogen and oxygen atoms in total. The highest BCUT2D eigenvalue weighted by Crippen LogP contribution is 2.19. The lowest BCUT2D eigenvalue weighted by Gasteiger charge is -2.28. The van der Waals surface area contributed by atoms with Crippen molar-refractivity contribution in [1.82, 2.24) is 9.29 Å². The van der Waals surface area contributed by atoms with Gasteiger partial charge in [0.2, 0.25) is 0 Å². The summed E-state index contributed by atoms with van der Waals surface area (Å²) in [7, 11) is -1.85. The zero-order valence-corrected chi connectivity index (χ0v) is 10.7. The third kappa shape index (κ3) is 2.84. The number of nitrogens with zero attached hydrogens (tertiary/aromatic N) is 1. The van der Waals surface area contributed by atoms with Crippen LogP contribution in [-0.4, -0.2) is 37.8 Å². The molecule has 0 aromatic carbocycles. The van der Waals surface area contributed by atoms with Crippen LogP contribution < -0.4 is 5.73 Å². The minimum atomic E-state index is -3.42. The van der Waals surface area contributed by atoms with Crippen molar-refractivity contribution in [3.05, 3.63) is 18.3 Å². The zero-order valence-electron chi connectivity index (χ0n) is 9.90. The summed E-state index contributed by atoms with van der Waals surface area (Å²) in [5.41, 5.74) is 5.36. The van der Waals surface area contributed by atoms with Gasteiger partial charge in [0, 0.05) is 19.8 Å². The Morgan fingerprint density at radius 3 is 2.56 bits per heavy atom. The summed E-state index contributed by atoms with van der Waals surface area (Å²) < 4.78 is 25.4. The molecular weight excluding hydrogens is 226 g/mol. The minimum absolute atomic E-state index is 0.211. The summed E-state index contributed by atoms with van der Waals surface area (Å²) in [5, 5.41) is 0.211. The Morgan fingerprint density at radius 1 is 1.50 bits per heavy atom. The van der Waals surface area contributed by atoms with E-state index in [-0.39, 0.29) is 10.4 Å². The molecule has 0 radical (unpaired) electrons. The van der Waals surface area contributed by atoms with Gasteiger partial charge in [-0.3, -0.25) is 0 Å². The smallest absolute Gasteiger partial charge is 0.258 e. The van der Waals surface area contributed by atoms with Crippen LogP contribution >= 0.6 is 0 Å². The number of hydrogen-bond donors (Lipinski definition) is 2. The van der Waals surface area contributed by atoms with E-state index in [2.05, 4.69) is 4.98 Å². The van der Waals surface area contributed by atoms with Gasteiger partial charge in [-0.25, -0.2) is 8.42 Å².